The average molecular weight is 406 g/mol. The van der Waals surface area contributed by atoms with Gasteiger partial charge >= 0.3 is 0 Å². The molecule has 0 radical (unpaired) electrons. The number of aromatic nitrogens is 4. The minimum Gasteiger partial charge on any atom is -0.496 e. The Morgan fingerprint density at radius 2 is 1.77 bits per heavy atom. The number of anilines is 1. The van der Waals surface area contributed by atoms with Gasteiger partial charge in [0.05, 0.1) is 27.5 Å². The summed E-state index contributed by atoms with van der Waals surface area (Å²) >= 11 is 0. The van der Waals surface area contributed by atoms with Crippen LogP contribution in [0.3, 0.4) is 0 Å². The molecule has 9 nitrogen and oxygen atoms in total. The molecule has 0 saturated carbocycles. The first-order valence-electron chi connectivity index (χ1n) is 9.41. The van der Waals surface area contributed by atoms with E-state index in [2.05, 4.69) is 49.7 Å². The van der Waals surface area contributed by atoms with Gasteiger partial charge in [0.2, 0.25) is 0 Å². The molecule has 2 aromatic heterocycles. The number of aryl methyl sites for hydroxylation is 1. The molecule has 4 aromatic rings. The summed E-state index contributed by atoms with van der Waals surface area (Å²) in [5.41, 5.74) is 7.10. The Hall–Kier alpha value is -3.88. The van der Waals surface area contributed by atoms with Crippen LogP contribution < -0.4 is 19.6 Å². The molecule has 154 valence electrons. The molecule has 0 saturated heterocycles. The Morgan fingerprint density at radius 1 is 1.00 bits per heavy atom. The highest BCUT2D eigenvalue weighted by atomic mass is 16.5. The quantitative estimate of drug-likeness (QED) is 0.357. The largest absolute Gasteiger partial charge is 0.496 e. The second-order valence-electron chi connectivity index (χ2n) is 6.51. The lowest BCUT2D eigenvalue weighted by Crippen LogP contribution is -2.00. The highest BCUT2D eigenvalue weighted by Gasteiger charge is 2.11. The highest BCUT2D eigenvalue weighted by molar-refractivity contribution is 6.03. The van der Waals surface area contributed by atoms with Crippen LogP contribution in [-0.4, -0.2) is 47.7 Å². The summed E-state index contributed by atoms with van der Waals surface area (Å²) in [6.07, 6.45) is 2.55. The number of benzene rings is 2. The van der Waals surface area contributed by atoms with Gasteiger partial charge in [-0.25, -0.2) is 5.43 Å². The van der Waals surface area contributed by atoms with E-state index in [9.17, 15) is 0 Å². The lowest BCUT2D eigenvalue weighted by Gasteiger charge is -2.11. The minimum atomic E-state index is 0.278. The van der Waals surface area contributed by atoms with Crippen LogP contribution in [-0.2, 0) is 6.42 Å². The fraction of sp³-hybridized carbons (Fsp3) is 0.238. The van der Waals surface area contributed by atoms with Crippen LogP contribution in [0.5, 0.6) is 17.2 Å². The summed E-state index contributed by atoms with van der Waals surface area (Å²) in [6, 6.07) is 9.74. The Bertz CT molecular complexity index is 1230. The molecule has 0 amide bonds. The molecule has 0 atom stereocenters. The standard InChI is InChI=1S/C21H22N6O3/c1-5-12-6-7-15-14(8-12)19-20(23-15)24-21(27-25-19)26-22-11-13-9-17(29-3)18(30-4)10-16(13)28-2/h6-11H,5H2,1-4H3,(H2,23,24,26,27). The molecule has 0 unspecified atom stereocenters. The van der Waals surface area contributed by atoms with Gasteiger partial charge in [-0.05, 0) is 30.2 Å². The molecule has 0 aliphatic heterocycles. The van der Waals surface area contributed by atoms with Crippen molar-refractivity contribution in [2.24, 2.45) is 5.10 Å². The van der Waals surface area contributed by atoms with Gasteiger partial charge in [-0.15, -0.1) is 10.2 Å². The first-order chi connectivity index (χ1) is 14.7. The van der Waals surface area contributed by atoms with Gasteiger partial charge in [0.15, 0.2) is 17.1 Å². The predicted molar refractivity (Wildman–Crippen MR) is 116 cm³/mol. The van der Waals surface area contributed by atoms with E-state index in [4.69, 9.17) is 14.2 Å². The summed E-state index contributed by atoms with van der Waals surface area (Å²) in [6.45, 7) is 2.12. The Morgan fingerprint density at radius 3 is 2.50 bits per heavy atom. The summed E-state index contributed by atoms with van der Waals surface area (Å²) in [5, 5.41) is 13.7. The van der Waals surface area contributed by atoms with E-state index in [1.807, 2.05) is 6.07 Å². The van der Waals surface area contributed by atoms with Gasteiger partial charge in [0.25, 0.3) is 5.95 Å². The number of H-pyrrole nitrogens is 1. The highest BCUT2D eigenvalue weighted by Crippen LogP contribution is 2.33. The van der Waals surface area contributed by atoms with Crippen molar-refractivity contribution in [3.8, 4) is 17.2 Å². The number of aromatic amines is 1. The number of rotatable bonds is 7. The molecule has 2 heterocycles. The third-order valence-corrected chi connectivity index (χ3v) is 4.79. The van der Waals surface area contributed by atoms with Gasteiger partial charge < -0.3 is 19.2 Å². The maximum absolute atomic E-state index is 5.40. The van der Waals surface area contributed by atoms with Crippen LogP contribution in [0.25, 0.3) is 22.1 Å². The molecule has 0 fully saturated rings. The second kappa shape index (κ2) is 8.24. The number of hydrogen-bond donors (Lipinski definition) is 2. The summed E-state index contributed by atoms with van der Waals surface area (Å²) in [4.78, 5) is 7.74. The normalized spacial score (nSPS) is 11.3. The van der Waals surface area contributed by atoms with Crippen molar-refractivity contribution in [1.29, 1.82) is 0 Å². The van der Waals surface area contributed by atoms with E-state index in [1.54, 1.807) is 39.7 Å². The predicted octanol–water partition coefficient (Wildman–Crippen LogP) is 3.54. The number of nitrogens with one attached hydrogen (secondary N) is 2. The summed E-state index contributed by atoms with van der Waals surface area (Å²) < 4.78 is 16.0. The number of ether oxygens (including phenoxy) is 3. The van der Waals surface area contributed by atoms with Crippen molar-refractivity contribution in [2.75, 3.05) is 26.8 Å². The van der Waals surface area contributed by atoms with E-state index >= 15 is 0 Å². The van der Waals surface area contributed by atoms with Crippen molar-refractivity contribution < 1.29 is 14.2 Å². The van der Waals surface area contributed by atoms with Gasteiger partial charge in [-0.2, -0.15) is 10.1 Å². The number of hydrazone groups is 1. The molecule has 0 aliphatic carbocycles. The molecule has 30 heavy (non-hydrogen) atoms. The minimum absolute atomic E-state index is 0.278. The number of nitrogens with zero attached hydrogens (tertiary/aromatic N) is 4. The maximum atomic E-state index is 5.40. The van der Waals surface area contributed by atoms with Crippen LogP contribution in [0.2, 0.25) is 0 Å². The Kier molecular flexibility index (Phi) is 5.34. The van der Waals surface area contributed by atoms with Crippen LogP contribution in [0.4, 0.5) is 5.95 Å². The molecule has 0 bridgehead atoms. The smallest absolute Gasteiger partial charge is 0.265 e. The van der Waals surface area contributed by atoms with Crippen LogP contribution in [0.1, 0.15) is 18.1 Å². The van der Waals surface area contributed by atoms with Crippen molar-refractivity contribution in [3.63, 3.8) is 0 Å². The van der Waals surface area contributed by atoms with Crippen molar-refractivity contribution in [2.45, 2.75) is 13.3 Å². The number of fused-ring (bicyclic) bond motifs is 3. The van der Waals surface area contributed by atoms with Crippen molar-refractivity contribution >= 4 is 34.2 Å². The lowest BCUT2D eigenvalue weighted by atomic mass is 10.1. The third-order valence-electron chi connectivity index (χ3n) is 4.79. The van der Waals surface area contributed by atoms with E-state index in [0.29, 0.717) is 28.5 Å². The van der Waals surface area contributed by atoms with Gasteiger partial charge in [0.1, 0.15) is 11.3 Å². The van der Waals surface area contributed by atoms with E-state index in [-0.39, 0.29) is 5.95 Å². The number of methoxy groups -OCH3 is 3. The molecular formula is C21H22N6O3. The molecular weight excluding hydrogens is 384 g/mol. The maximum Gasteiger partial charge on any atom is 0.265 e. The molecule has 0 aliphatic rings. The molecule has 9 heteroatoms. The molecule has 0 spiro atoms. The molecule has 4 rings (SSSR count). The van der Waals surface area contributed by atoms with Crippen LogP contribution >= 0.6 is 0 Å². The first kappa shape index (κ1) is 19.4. The molecule has 2 N–H and O–H groups in total. The van der Waals surface area contributed by atoms with Crippen LogP contribution in [0, 0.1) is 0 Å². The fourth-order valence-corrected chi connectivity index (χ4v) is 3.20. The summed E-state index contributed by atoms with van der Waals surface area (Å²) in [5.74, 6) is 2.02. The van der Waals surface area contributed by atoms with Crippen LogP contribution in [0.15, 0.2) is 35.4 Å². The van der Waals surface area contributed by atoms with E-state index in [0.717, 1.165) is 22.8 Å². The third kappa shape index (κ3) is 3.57. The van der Waals surface area contributed by atoms with E-state index < -0.39 is 0 Å². The van der Waals surface area contributed by atoms with Crippen molar-refractivity contribution in [3.05, 3.63) is 41.5 Å². The zero-order valence-electron chi connectivity index (χ0n) is 17.2. The zero-order valence-corrected chi connectivity index (χ0v) is 17.2. The fourth-order valence-electron chi connectivity index (χ4n) is 3.20. The topological polar surface area (TPSA) is 107 Å². The van der Waals surface area contributed by atoms with Gasteiger partial charge in [-0.3, -0.25) is 0 Å². The van der Waals surface area contributed by atoms with Crippen molar-refractivity contribution in [1.82, 2.24) is 20.2 Å². The first-order valence-corrected chi connectivity index (χ1v) is 9.41. The van der Waals surface area contributed by atoms with Gasteiger partial charge in [0, 0.05) is 22.5 Å². The number of hydrogen-bond acceptors (Lipinski definition) is 8. The second-order valence-corrected chi connectivity index (χ2v) is 6.51. The SMILES string of the molecule is CCc1ccc2[nH]c3nc(NN=Cc4cc(OC)c(OC)cc4OC)nnc3c2c1. The monoisotopic (exact) mass is 406 g/mol. The Labute approximate surface area is 173 Å². The zero-order chi connectivity index (χ0) is 21.1. The van der Waals surface area contributed by atoms with E-state index in [1.165, 1.54) is 5.56 Å². The lowest BCUT2D eigenvalue weighted by molar-refractivity contribution is 0.349. The van der Waals surface area contributed by atoms with Gasteiger partial charge in [-0.1, -0.05) is 13.0 Å². The average Bonchev–Trinajstić information content (AvgIpc) is 3.15. The molecule has 2 aromatic carbocycles. The Balaban J connectivity index is 1.60. The summed E-state index contributed by atoms with van der Waals surface area (Å²) in [7, 11) is 4.72.